The minimum atomic E-state index is 0.540. The average molecular weight is 449 g/mol. The first-order valence-electron chi connectivity index (χ1n) is 12.4. The number of benzene rings is 1. The maximum absolute atomic E-state index is 8.58. The molecule has 1 aromatic carbocycles. The summed E-state index contributed by atoms with van der Waals surface area (Å²) in [5.41, 5.74) is 7.19. The molecule has 0 spiro atoms. The predicted octanol–water partition coefficient (Wildman–Crippen LogP) is 6.81. The number of allylic oxidation sites excluding steroid dienone is 5. The van der Waals surface area contributed by atoms with Crippen molar-refractivity contribution in [3.05, 3.63) is 70.6 Å². The molecular weight excluding hydrogens is 404 g/mol. The zero-order valence-electron chi connectivity index (χ0n) is 21.9. The van der Waals surface area contributed by atoms with Gasteiger partial charge in [-0.1, -0.05) is 51.5 Å². The van der Waals surface area contributed by atoms with E-state index in [1.165, 1.54) is 22.4 Å². The molecule has 0 radical (unpaired) electrons. The second-order valence-electron chi connectivity index (χ2n) is 8.50. The van der Waals surface area contributed by atoms with E-state index in [-0.39, 0.29) is 0 Å². The molecule has 2 rings (SSSR count). The molecule has 0 aliphatic carbocycles. The standard InChI is InChI=1S/C19H33N3.C10H11N/c1-7-10-11-21-16(5)19(18(8-2)9-3)17(6)22-13-12-20-15(4)14-22;1-2-4-9-5-3-6-10(7-9)8-11/h8,10-11,15,20H,7,9,12-14H2,1-6H3;3,5-7H,2,4H2,1H3/b11-10+,18-8-,19-17-,21-16+;. The lowest BCUT2D eigenvalue weighted by atomic mass is 9.96. The van der Waals surface area contributed by atoms with Crippen molar-refractivity contribution in [3.8, 4) is 6.07 Å². The minimum absolute atomic E-state index is 0.540. The highest BCUT2D eigenvalue weighted by molar-refractivity contribution is 6.03. The van der Waals surface area contributed by atoms with E-state index >= 15 is 0 Å². The number of aliphatic imine (C=N–C) groups is 1. The second-order valence-corrected chi connectivity index (χ2v) is 8.50. The van der Waals surface area contributed by atoms with Crippen molar-refractivity contribution in [3.63, 3.8) is 0 Å². The third-order valence-electron chi connectivity index (χ3n) is 5.82. The van der Waals surface area contributed by atoms with Gasteiger partial charge < -0.3 is 10.2 Å². The number of aryl methyl sites for hydroxylation is 1. The van der Waals surface area contributed by atoms with Gasteiger partial charge in [0.2, 0.25) is 0 Å². The summed E-state index contributed by atoms with van der Waals surface area (Å²) >= 11 is 0. The molecule has 33 heavy (non-hydrogen) atoms. The fraction of sp³-hybridized carbons (Fsp3) is 0.517. The topological polar surface area (TPSA) is 51.4 Å². The van der Waals surface area contributed by atoms with Gasteiger partial charge in [-0.25, -0.2) is 0 Å². The number of rotatable bonds is 8. The van der Waals surface area contributed by atoms with E-state index in [4.69, 9.17) is 5.26 Å². The molecule has 0 aromatic heterocycles. The van der Waals surface area contributed by atoms with Crippen molar-refractivity contribution in [2.24, 2.45) is 4.99 Å². The average Bonchev–Trinajstić information content (AvgIpc) is 2.83. The highest BCUT2D eigenvalue weighted by Gasteiger charge is 2.20. The molecule has 1 aliphatic rings. The normalized spacial score (nSPS) is 17.9. The molecule has 180 valence electrons. The van der Waals surface area contributed by atoms with Gasteiger partial charge in [0.25, 0.3) is 0 Å². The smallest absolute Gasteiger partial charge is 0.0991 e. The van der Waals surface area contributed by atoms with Crippen molar-refractivity contribution in [2.75, 3.05) is 19.6 Å². The van der Waals surface area contributed by atoms with Gasteiger partial charge in [0.1, 0.15) is 0 Å². The number of piperazine rings is 1. The molecular formula is C29H44N4. The highest BCUT2D eigenvalue weighted by Crippen LogP contribution is 2.23. The van der Waals surface area contributed by atoms with E-state index in [1.807, 2.05) is 24.4 Å². The maximum Gasteiger partial charge on any atom is 0.0991 e. The van der Waals surface area contributed by atoms with Crippen LogP contribution in [0.1, 0.15) is 78.9 Å². The molecule has 1 fully saturated rings. The lowest BCUT2D eigenvalue weighted by molar-refractivity contribution is 0.255. The zero-order chi connectivity index (χ0) is 24.6. The molecule has 1 heterocycles. The summed E-state index contributed by atoms with van der Waals surface area (Å²) in [5, 5.41) is 12.1. The maximum atomic E-state index is 8.58. The van der Waals surface area contributed by atoms with Crippen LogP contribution in [0.4, 0.5) is 0 Å². The first-order valence-corrected chi connectivity index (χ1v) is 12.4. The third kappa shape index (κ3) is 9.80. The zero-order valence-corrected chi connectivity index (χ0v) is 21.9. The van der Waals surface area contributed by atoms with Gasteiger partial charge in [0.15, 0.2) is 0 Å². The van der Waals surface area contributed by atoms with Crippen LogP contribution in [-0.4, -0.2) is 36.3 Å². The summed E-state index contributed by atoms with van der Waals surface area (Å²) in [6.45, 7) is 18.4. The Morgan fingerprint density at radius 2 is 2.03 bits per heavy atom. The quantitative estimate of drug-likeness (QED) is 0.351. The molecule has 1 unspecified atom stereocenters. The highest BCUT2D eigenvalue weighted by atomic mass is 15.2. The summed E-state index contributed by atoms with van der Waals surface area (Å²) in [6, 6.07) is 10.4. The second kappa shape index (κ2) is 16.0. The van der Waals surface area contributed by atoms with Gasteiger partial charge >= 0.3 is 0 Å². The fourth-order valence-electron chi connectivity index (χ4n) is 4.07. The van der Waals surface area contributed by atoms with Gasteiger partial charge in [-0.15, -0.1) is 0 Å². The van der Waals surface area contributed by atoms with E-state index in [0.29, 0.717) is 6.04 Å². The first-order chi connectivity index (χ1) is 15.9. The molecule has 1 aromatic rings. The Hall–Kier alpha value is -2.64. The van der Waals surface area contributed by atoms with E-state index in [1.54, 1.807) is 0 Å². The monoisotopic (exact) mass is 448 g/mol. The third-order valence-corrected chi connectivity index (χ3v) is 5.82. The summed E-state index contributed by atoms with van der Waals surface area (Å²) in [5.74, 6) is 0. The molecule has 1 saturated heterocycles. The van der Waals surface area contributed by atoms with E-state index in [0.717, 1.165) is 56.6 Å². The Bertz CT molecular complexity index is 883. The van der Waals surface area contributed by atoms with Crippen LogP contribution < -0.4 is 5.32 Å². The molecule has 0 amide bonds. The fourth-order valence-corrected chi connectivity index (χ4v) is 4.07. The van der Waals surface area contributed by atoms with Crippen LogP contribution in [0.15, 0.2) is 64.5 Å². The van der Waals surface area contributed by atoms with Crippen LogP contribution in [0.2, 0.25) is 0 Å². The van der Waals surface area contributed by atoms with Crippen LogP contribution in [0.25, 0.3) is 0 Å². The summed E-state index contributed by atoms with van der Waals surface area (Å²) in [6.07, 6.45) is 10.5. The van der Waals surface area contributed by atoms with Gasteiger partial charge in [-0.2, -0.15) is 5.26 Å². The van der Waals surface area contributed by atoms with Crippen LogP contribution in [0.3, 0.4) is 0 Å². The molecule has 0 saturated carbocycles. The number of nitrogens with zero attached hydrogens (tertiary/aromatic N) is 3. The molecule has 1 aliphatic heterocycles. The van der Waals surface area contributed by atoms with Crippen LogP contribution in [0.5, 0.6) is 0 Å². The van der Waals surface area contributed by atoms with E-state index in [2.05, 4.69) is 88.0 Å². The number of nitrogens with one attached hydrogen (secondary N) is 1. The predicted molar refractivity (Wildman–Crippen MR) is 143 cm³/mol. The minimum Gasteiger partial charge on any atom is -0.372 e. The van der Waals surface area contributed by atoms with Crippen LogP contribution >= 0.6 is 0 Å². The SMILES string of the molecule is CCCc1cccc(C#N)c1.C\C=C(CC)/C(C(/C)=N/C=C/CC)=C(/C)N1CCNC(C)C1. The first kappa shape index (κ1) is 28.4. The Balaban J connectivity index is 0.000000412. The van der Waals surface area contributed by atoms with Gasteiger partial charge in [0.05, 0.1) is 11.6 Å². The number of hydrogen-bond donors (Lipinski definition) is 1. The Morgan fingerprint density at radius 3 is 2.61 bits per heavy atom. The molecule has 4 nitrogen and oxygen atoms in total. The largest absolute Gasteiger partial charge is 0.372 e. The molecule has 1 atom stereocenters. The Morgan fingerprint density at radius 1 is 1.27 bits per heavy atom. The summed E-state index contributed by atoms with van der Waals surface area (Å²) < 4.78 is 0. The Labute approximate surface area is 202 Å². The van der Waals surface area contributed by atoms with Crippen LogP contribution in [0, 0.1) is 11.3 Å². The van der Waals surface area contributed by atoms with Crippen LogP contribution in [-0.2, 0) is 6.42 Å². The lowest BCUT2D eigenvalue weighted by Gasteiger charge is -2.35. The van der Waals surface area contributed by atoms with Crippen molar-refractivity contribution < 1.29 is 0 Å². The van der Waals surface area contributed by atoms with Gasteiger partial charge in [-0.05, 0) is 70.2 Å². The van der Waals surface area contributed by atoms with E-state index < -0.39 is 0 Å². The number of nitriles is 1. The van der Waals surface area contributed by atoms with E-state index in [9.17, 15) is 0 Å². The van der Waals surface area contributed by atoms with Crippen molar-refractivity contribution in [2.45, 2.75) is 80.2 Å². The van der Waals surface area contributed by atoms with Gasteiger partial charge in [-0.3, -0.25) is 4.99 Å². The van der Waals surface area contributed by atoms with Crippen molar-refractivity contribution in [1.29, 1.82) is 5.26 Å². The van der Waals surface area contributed by atoms with Gasteiger partial charge in [0, 0.05) is 48.9 Å². The van der Waals surface area contributed by atoms with Crippen molar-refractivity contribution >= 4 is 5.71 Å². The van der Waals surface area contributed by atoms with Crippen molar-refractivity contribution in [1.82, 2.24) is 10.2 Å². The lowest BCUT2D eigenvalue weighted by Crippen LogP contribution is -2.48. The summed E-state index contributed by atoms with van der Waals surface area (Å²) in [7, 11) is 0. The molecule has 0 bridgehead atoms. The Kier molecular flexibility index (Phi) is 13.8. The number of hydrogen-bond acceptors (Lipinski definition) is 4. The molecule has 4 heteroatoms. The summed E-state index contributed by atoms with van der Waals surface area (Å²) in [4.78, 5) is 7.16. The molecule has 1 N–H and O–H groups in total.